The summed E-state index contributed by atoms with van der Waals surface area (Å²) < 4.78 is 39.8. The van der Waals surface area contributed by atoms with Crippen molar-refractivity contribution in [3.8, 4) is 0 Å². The molecule has 5 nitrogen and oxygen atoms in total. The van der Waals surface area contributed by atoms with E-state index in [0.29, 0.717) is 16.7 Å². The van der Waals surface area contributed by atoms with Crippen molar-refractivity contribution in [2.24, 2.45) is 0 Å². The van der Waals surface area contributed by atoms with Crippen LogP contribution in [0.15, 0.2) is 53.0 Å². The fourth-order valence-electron chi connectivity index (χ4n) is 2.47. The number of carbonyl (C=O) groups is 2. The SMILES string of the molecule is CCN(CC(=O)Nc1ccccc1Br)CC(=O)Nc1ccccc1C(F)(F)F. The second kappa shape index (κ2) is 9.70. The van der Waals surface area contributed by atoms with E-state index in [1.165, 1.54) is 23.1 Å². The van der Waals surface area contributed by atoms with E-state index >= 15 is 0 Å². The number of nitrogens with one attached hydrogen (secondary N) is 2. The highest BCUT2D eigenvalue weighted by molar-refractivity contribution is 9.10. The van der Waals surface area contributed by atoms with E-state index in [2.05, 4.69) is 26.6 Å². The van der Waals surface area contributed by atoms with E-state index < -0.39 is 17.6 Å². The summed E-state index contributed by atoms with van der Waals surface area (Å²) in [5.74, 6) is -0.968. The standard InChI is InChI=1S/C19H19BrF3N3O2/c1-2-26(12-18(28)25-16-10-6-4-8-14(16)20)11-17(27)24-15-9-5-3-7-13(15)19(21,22)23/h3-10H,2,11-12H2,1H3,(H,24,27)(H,25,28). The molecule has 0 aromatic heterocycles. The number of amides is 2. The van der Waals surface area contributed by atoms with Gasteiger partial charge in [0.05, 0.1) is 30.0 Å². The minimum atomic E-state index is -4.57. The molecule has 0 saturated carbocycles. The van der Waals surface area contributed by atoms with Gasteiger partial charge in [-0.1, -0.05) is 31.2 Å². The lowest BCUT2D eigenvalue weighted by Gasteiger charge is -2.20. The minimum absolute atomic E-state index is 0.0772. The Balaban J connectivity index is 1.97. The van der Waals surface area contributed by atoms with Gasteiger partial charge in [-0.15, -0.1) is 0 Å². The topological polar surface area (TPSA) is 61.4 Å². The normalized spacial score (nSPS) is 11.4. The fraction of sp³-hybridized carbons (Fsp3) is 0.263. The zero-order chi connectivity index (χ0) is 20.7. The zero-order valence-corrected chi connectivity index (χ0v) is 16.6. The Morgan fingerprint density at radius 2 is 1.43 bits per heavy atom. The van der Waals surface area contributed by atoms with E-state index in [0.717, 1.165) is 6.07 Å². The van der Waals surface area contributed by atoms with Crippen LogP contribution in [0.5, 0.6) is 0 Å². The lowest BCUT2D eigenvalue weighted by atomic mass is 10.1. The molecule has 150 valence electrons. The van der Waals surface area contributed by atoms with Gasteiger partial charge < -0.3 is 10.6 Å². The second-order valence-corrected chi connectivity index (χ2v) is 6.78. The van der Waals surface area contributed by atoms with Crippen LogP contribution in [-0.4, -0.2) is 36.3 Å². The molecule has 0 bridgehead atoms. The van der Waals surface area contributed by atoms with Crippen LogP contribution in [0, 0.1) is 0 Å². The van der Waals surface area contributed by atoms with E-state index in [1.54, 1.807) is 31.2 Å². The third-order valence-electron chi connectivity index (χ3n) is 3.84. The molecule has 0 aliphatic heterocycles. The first kappa shape index (κ1) is 21.9. The van der Waals surface area contributed by atoms with Gasteiger partial charge in [0, 0.05) is 4.47 Å². The number of carbonyl (C=O) groups excluding carboxylic acids is 2. The van der Waals surface area contributed by atoms with Crippen molar-refractivity contribution < 1.29 is 22.8 Å². The number of hydrogen-bond acceptors (Lipinski definition) is 3. The Morgan fingerprint density at radius 3 is 1.96 bits per heavy atom. The monoisotopic (exact) mass is 457 g/mol. The number of likely N-dealkylation sites (N-methyl/N-ethyl adjacent to an activating group) is 1. The molecular weight excluding hydrogens is 439 g/mol. The Morgan fingerprint density at radius 1 is 0.929 bits per heavy atom. The molecule has 28 heavy (non-hydrogen) atoms. The molecule has 2 amide bonds. The molecule has 0 unspecified atom stereocenters. The Hall–Kier alpha value is -2.39. The Bertz CT molecular complexity index is 843. The Labute approximate surface area is 169 Å². The van der Waals surface area contributed by atoms with Crippen molar-refractivity contribution in [3.05, 3.63) is 58.6 Å². The van der Waals surface area contributed by atoms with E-state index in [4.69, 9.17) is 0 Å². The van der Waals surface area contributed by atoms with Crippen molar-refractivity contribution in [1.29, 1.82) is 0 Å². The minimum Gasteiger partial charge on any atom is -0.324 e. The van der Waals surface area contributed by atoms with Gasteiger partial charge in [-0.3, -0.25) is 14.5 Å². The average Bonchev–Trinajstić information content (AvgIpc) is 2.62. The highest BCUT2D eigenvalue weighted by Crippen LogP contribution is 2.34. The molecule has 0 fully saturated rings. The molecule has 0 heterocycles. The van der Waals surface area contributed by atoms with Gasteiger partial charge in [-0.25, -0.2) is 0 Å². The first-order chi connectivity index (χ1) is 13.2. The van der Waals surface area contributed by atoms with Gasteiger partial charge >= 0.3 is 6.18 Å². The van der Waals surface area contributed by atoms with Crippen LogP contribution >= 0.6 is 15.9 Å². The van der Waals surface area contributed by atoms with Crippen molar-refractivity contribution in [1.82, 2.24) is 4.90 Å². The van der Waals surface area contributed by atoms with Crippen molar-refractivity contribution in [2.75, 3.05) is 30.3 Å². The number of nitrogens with zero attached hydrogens (tertiary/aromatic N) is 1. The van der Waals surface area contributed by atoms with E-state index in [9.17, 15) is 22.8 Å². The van der Waals surface area contributed by atoms with Crippen LogP contribution in [-0.2, 0) is 15.8 Å². The fourth-order valence-corrected chi connectivity index (χ4v) is 2.85. The molecule has 0 spiro atoms. The quantitative estimate of drug-likeness (QED) is 0.648. The summed E-state index contributed by atoms with van der Waals surface area (Å²) in [6.07, 6.45) is -4.57. The molecule has 2 N–H and O–H groups in total. The van der Waals surface area contributed by atoms with Crippen LogP contribution in [0.3, 0.4) is 0 Å². The average molecular weight is 458 g/mol. The van der Waals surface area contributed by atoms with Gasteiger partial charge in [0.1, 0.15) is 0 Å². The lowest BCUT2D eigenvalue weighted by Crippen LogP contribution is -2.38. The number of anilines is 2. The highest BCUT2D eigenvalue weighted by Gasteiger charge is 2.33. The predicted molar refractivity (Wildman–Crippen MR) is 105 cm³/mol. The summed E-state index contributed by atoms with van der Waals surface area (Å²) in [5, 5.41) is 4.99. The van der Waals surface area contributed by atoms with Crippen molar-refractivity contribution >= 4 is 39.1 Å². The van der Waals surface area contributed by atoms with Gasteiger partial charge in [0.25, 0.3) is 0 Å². The maximum atomic E-state index is 13.0. The molecule has 2 aromatic rings. The molecule has 0 saturated heterocycles. The first-order valence-corrected chi connectivity index (χ1v) is 9.22. The summed E-state index contributed by atoms with van der Waals surface area (Å²) in [6.45, 7) is 1.83. The summed E-state index contributed by atoms with van der Waals surface area (Å²) in [4.78, 5) is 25.9. The summed E-state index contributed by atoms with van der Waals surface area (Å²) in [7, 11) is 0. The third-order valence-corrected chi connectivity index (χ3v) is 4.53. The van der Waals surface area contributed by atoms with E-state index in [1.807, 2.05) is 0 Å². The molecule has 0 aliphatic rings. The number of halogens is 4. The summed E-state index contributed by atoms with van der Waals surface area (Å²) in [6, 6.07) is 11.8. The van der Waals surface area contributed by atoms with Crippen LogP contribution in [0.25, 0.3) is 0 Å². The smallest absolute Gasteiger partial charge is 0.324 e. The lowest BCUT2D eigenvalue weighted by molar-refractivity contribution is -0.137. The van der Waals surface area contributed by atoms with E-state index in [-0.39, 0.29) is 24.7 Å². The molecule has 9 heteroatoms. The van der Waals surface area contributed by atoms with Crippen molar-refractivity contribution in [3.63, 3.8) is 0 Å². The van der Waals surface area contributed by atoms with Gasteiger partial charge in [0.2, 0.25) is 11.8 Å². The number of benzene rings is 2. The van der Waals surface area contributed by atoms with Gasteiger partial charge in [-0.05, 0) is 46.7 Å². The van der Waals surface area contributed by atoms with Crippen LogP contribution in [0.1, 0.15) is 12.5 Å². The first-order valence-electron chi connectivity index (χ1n) is 8.43. The van der Waals surface area contributed by atoms with Crippen LogP contribution in [0.2, 0.25) is 0 Å². The van der Waals surface area contributed by atoms with Crippen molar-refractivity contribution in [2.45, 2.75) is 13.1 Å². The number of para-hydroxylation sites is 2. The predicted octanol–water partition coefficient (Wildman–Crippen LogP) is 4.37. The molecular formula is C19H19BrF3N3O2. The highest BCUT2D eigenvalue weighted by atomic mass is 79.9. The molecule has 2 rings (SSSR count). The third kappa shape index (κ3) is 6.35. The van der Waals surface area contributed by atoms with Crippen LogP contribution < -0.4 is 10.6 Å². The second-order valence-electron chi connectivity index (χ2n) is 5.92. The maximum Gasteiger partial charge on any atom is 0.418 e. The largest absolute Gasteiger partial charge is 0.418 e. The number of rotatable bonds is 7. The summed E-state index contributed by atoms with van der Waals surface area (Å²) in [5.41, 5.74) is -0.640. The van der Waals surface area contributed by atoms with Gasteiger partial charge in [0.15, 0.2) is 0 Å². The number of alkyl halides is 3. The van der Waals surface area contributed by atoms with Gasteiger partial charge in [-0.2, -0.15) is 13.2 Å². The molecule has 0 aliphatic carbocycles. The van der Waals surface area contributed by atoms with Crippen LogP contribution in [0.4, 0.5) is 24.5 Å². The zero-order valence-electron chi connectivity index (χ0n) is 15.0. The molecule has 0 atom stereocenters. The molecule has 0 radical (unpaired) electrons. The Kier molecular flexibility index (Phi) is 7.59. The maximum absolute atomic E-state index is 13.0. The number of hydrogen-bond donors (Lipinski definition) is 2. The summed E-state index contributed by atoms with van der Waals surface area (Å²) >= 11 is 3.32. The molecule has 2 aromatic carbocycles.